The van der Waals surface area contributed by atoms with Crippen molar-refractivity contribution in [2.24, 2.45) is 11.7 Å². The van der Waals surface area contributed by atoms with Gasteiger partial charge in [-0.05, 0) is 49.3 Å². The van der Waals surface area contributed by atoms with E-state index < -0.39 is 0 Å². The Balaban J connectivity index is 1.46. The zero-order valence-corrected chi connectivity index (χ0v) is 12.4. The van der Waals surface area contributed by atoms with Crippen molar-refractivity contribution in [2.75, 3.05) is 0 Å². The maximum absolute atomic E-state index is 6.34. The van der Waals surface area contributed by atoms with Gasteiger partial charge in [0.1, 0.15) is 5.75 Å². The van der Waals surface area contributed by atoms with E-state index >= 15 is 0 Å². The lowest BCUT2D eigenvalue weighted by Crippen LogP contribution is -2.14. The van der Waals surface area contributed by atoms with Crippen molar-refractivity contribution in [1.29, 1.82) is 0 Å². The summed E-state index contributed by atoms with van der Waals surface area (Å²) in [6.07, 6.45) is 12.4. The third-order valence-corrected chi connectivity index (χ3v) is 4.75. The highest BCUT2D eigenvalue weighted by Gasteiger charge is 2.23. The second-order valence-electron chi connectivity index (χ2n) is 6.57. The van der Waals surface area contributed by atoms with Crippen LogP contribution in [0.4, 0.5) is 0 Å². The van der Waals surface area contributed by atoms with Gasteiger partial charge >= 0.3 is 0 Å². The fourth-order valence-corrected chi connectivity index (χ4v) is 3.23. The van der Waals surface area contributed by atoms with Crippen LogP contribution in [-0.4, -0.2) is 6.10 Å². The normalized spacial score (nSPS) is 21.6. The highest BCUT2D eigenvalue weighted by Crippen LogP contribution is 2.31. The number of hydrogen-bond acceptors (Lipinski definition) is 2. The van der Waals surface area contributed by atoms with E-state index in [9.17, 15) is 0 Å². The molecule has 1 unspecified atom stereocenters. The first-order chi connectivity index (χ1) is 9.81. The minimum atomic E-state index is 0.187. The zero-order valence-electron chi connectivity index (χ0n) is 12.4. The minimum absolute atomic E-state index is 0.187. The van der Waals surface area contributed by atoms with Gasteiger partial charge in [0.2, 0.25) is 0 Å². The van der Waals surface area contributed by atoms with Crippen molar-refractivity contribution in [3.05, 3.63) is 29.8 Å². The van der Waals surface area contributed by atoms with Gasteiger partial charge in [-0.25, -0.2) is 0 Å². The SMILES string of the molecule is NC(CCC1CCCCC1)c1ccc(OC2CC2)cc1. The lowest BCUT2D eigenvalue weighted by atomic mass is 9.84. The van der Waals surface area contributed by atoms with E-state index in [1.807, 2.05) is 0 Å². The lowest BCUT2D eigenvalue weighted by Gasteiger charge is -2.23. The van der Waals surface area contributed by atoms with Crippen molar-refractivity contribution in [3.63, 3.8) is 0 Å². The first-order valence-electron chi connectivity index (χ1n) is 8.33. The number of rotatable bonds is 6. The molecule has 1 aromatic rings. The fourth-order valence-electron chi connectivity index (χ4n) is 3.23. The molecule has 0 amide bonds. The lowest BCUT2D eigenvalue weighted by molar-refractivity contribution is 0.303. The molecule has 20 heavy (non-hydrogen) atoms. The quantitative estimate of drug-likeness (QED) is 0.823. The molecule has 2 aliphatic carbocycles. The molecule has 2 aliphatic rings. The molecule has 110 valence electrons. The van der Waals surface area contributed by atoms with Gasteiger partial charge in [0, 0.05) is 6.04 Å². The summed E-state index contributed by atoms with van der Waals surface area (Å²) in [5.74, 6) is 1.92. The highest BCUT2D eigenvalue weighted by molar-refractivity contribution is 5.29. The molecule has 0 aliphatic heterocycles. The number of hydrogen-bond donors (Lipinski definition) is 1. The summed E-state index contributed by atoms with van der Waals surface area (Å²) in [6, 6.07) is 8.63. The second-order valence-corrected chi connectivity index (χ2v) is 6.57. The van der Waals surface area contributed by atoms with Crippen LogP contribution in [0.5, 0.6) is 5.75 Å². The monoisotopic (exact) mass is 273 g/mol. The number of nitrogens with two attached hydrogens (primary N) is 1. The third kappa shape index (κ3) is 3.99. The Hall–Kier alpha value is -1.02. The van der Waals surface area contributed by atoms with Crippen molar-refractivity contribution in [2.45, 2.75) is 69.9 Å². The maximum Gasteiger partial charge on any atom is 0.119 e. The van der Waals surface area contributed by atoms with E-state index in [4.69, 9.17) is 10.5 Å². The number of ether oxygens (including phenoxy) is 1. The summed E-state index contributed by atoms with van der Waals surface area (Å²) in [5, 5.41) is 0. The van der Waals surface area contributed by atoms with Gasteiger partial charge in [-0.1, -0.05) is 44.2 Å². The third-order valence-electron chi connectivity index (χ3n) is 4.75. The summed E-state index contributed by atoms with van der Waals surface area (Å²) in [4.78, 5) is 0. The fraction of sp³-hybridized carbons (Fsp3) is 0.667. The van der Waals surface area contributed by atoms with E-state index in [1.54, 1.807) is 0 Å². The second kappa shape index (κ2) is 6.62. The molecule has 1 aromatic carbocycles. The molecule has 2 N–H and O–H groups in total. The molecule has 0 heterocycles. The molecule has 0 saturated heterocycles. The summed E-state index contributed by atoms with van der Waals surface area (Å²) in [5.41, 5.74) is 7.59. The van der Waals surface area contributed by atoms with Crippen LogP contribution in [0.2, 0.25) is 0 Å². The van der Waals surface area contributed by atoms with Crippen LogP contribution in [0, 0.1) is 5.92 Å². The molecule has 0 spiro atoms. The Morgan fingerprint density at radius 3 is 2.35 bits per heavy atom. The van der Waals surface area contributed by atoms with Gasteiger partial charge < -0.3 is 10.5 Å². The van der Waals surface area contributed by atoms with Crippen LogP contribution in [0.15, 0.2) is 24.3 Å². The molecule has 2 heteroatoms. The summed E-state index contributed by atoms with van der Waals surface area (Å²) in [6.45, 7) is 0. The average Bonchev–Trinajstić information content (AvgIpc) is 3.31. The smallest absolute Gasteiger partial charge is 0.119 e. The standard InChI is InChI=1S/C18H27NO/c19-18(13-6-14-4-2-1-3-5-14)15-7-9-16(10-8-15)20-17-11-12-17/h7-10,14,17-18H,1-6,11-13,19H2. The average molecular weight is 273 g/mol. The van der Waals surface area contributed by atoms with Gasteiger partial charge in [-0.2, -0.15) is 0 Å². The van der Waals surface area contributed by atoms with E-state index in [-0.39, 0.29) is 6.04 Å². The van der Waals surface area contributed by atoms with Crippen molar-refractivity contribution >= 4 is 0 Å². The van der Waals surface area contributed by atoms with Crippen molar-refractivity contribution < 1.29 is 4.74 Å². The Kier molecular flexibility index (Phi) is 4.62. The van der Waals surface area contributed by atoms with Crippen LogP contribution >= 0.6 is 0 Å². The van der Waals surface area contributed by atoms with Crippen LogP contribution in [-0.2, 0) is 0 Å². The molecular weight excluding hydrogens is 246 g/mol. The van der Waals surface area contributed by atoms with Crippen LogP contribution < -0.4 is 10.5 Å². The first-order valence-corrected chi connectivity index (χ1v) is 8.33. The minimum Gasteiger partial charge on any atom is -0.490 e. The molecule has 0 radical (unpaired) electrons. The predicted octanol–water partition coefficient (Wildman–Crippen LogP) is 4.59. The van der Waals surface area contributed by atoms with Crippen molar-refractivity contribution in [3.8, 4) is 5.75 Å². The first kappa shape index (κ1) is 13.9. The van der Waals surface area contributed by atoms with Gasteiger partial charge in [0.05, 0.1) is 6.10 Å². The molecule has 0 bridgehead atoms. The highest BCUT2D eigenvalue weighted by atomic mass is 16.5. The Morgan fingerprint density at radius 2 is 1.70 bits per heavy atom. The Labute approximate surface area is 122 Å². The molecule has 2 saturated carbocycles. The van der Waals surface area contributed by atoms with Gasteiger partial charge in [0.25, 0.3) is 0 Å². The Bertz CT molecular complexity index is 404. The summed E-state index contributed by atoms with van der Waals surface area (Å²) < 4.78 is 5.77. The van der Waals surface area contributed by atoms with Gasteiger partial charge in [-0.3, -0.25) is 0 Å². The molecule has 0 aromatic heterocycles. The summed E-state index contributed by atoms with van der Waals surface area (Å²) in [7, 11) is 0. The van der Waals surface area contributed by atoms with Crippen LogP contribution in [0.3, 0.4) is 0 Å². The molecule has 1 atom stereocenters. The van der Waals surface area contributed by atoms with Crippen LogP contribution in [0.1, 0.15) is 69.4 Å². The van der Waals surface area contributed by atoms with Gasteiger partial charge in [0.15, 0.2) is 0 Å². The van der Waals surface area contributed by atoms with Crippen LogP contribution in [0.25, 0.3) is 0 Å². The molecule has 3 rings (SSSR count). The molecule has 2 fully saturated rings. The van der Waals surface area contributed by atoms with E-state index in [0.717, 1.165) is 18.1 Å². The van der Waals surface area contributed by atoms with Crippen molar-refractivity contribution in [1.82, 2.24) is 0 Å². The van der Waals surface area contributed by atoms with Gasteiger partial charge in [-0.15, -0.1) is 0 Å². The van der Waals surface area contributed by atoms with E-state index in [0.29, 0.717) is 6.10 Å². The predicted molar refractivity (Wildman–Crippen MR) is 82.8 cm³/mol. The molecule has 2 nitrogen and oxygen atoms in total. The number of benzene rings is 1. The Morgan fingerprint density at radius 1 is 1.00 bits per heavy atom. The zero-order chi connectivity index (χ0) is 13.8. The summed E-state index contributed by atoms with van der Waals surface area (Å²) >= 11 is 0. The maximum atomic E-state index is 6.34. The largest absolute Gasteiger partial charge is 0.490 e. The topological polar surface area (TPSA) is 35.2 Å². The van der Waals surface area contributed by atoms with E-state index in [2.05, 4.69) is 24.3 Å². The molecular formula is C18H27NO. The van der Waals surface area contributed by atoms with E-state index in [1.165, 1.54) is 56.9 Å².